The number of hydrogen-bond donors (Lipinski definition) is 1. The number of fused-ring (bicyclic) bond motifs is 2. The van der Waals surface area contributed by atoms with E-state index < -0.39 is 0 Å². The highest BCUT2D eigenvalue weighted by Gasteiger charge is 2.16. The van der Waals surface area contributed by atoms with Gasteiger partial charge in [-0.15, -0.1) is 0 Å². The molecule has 2 aliphatic heterocycles. The quantitative estimate of drug-likeness (QED) is 0.891. The van der Waals surface area contributed by atoms with E-state index in [4.69, 9.17) is 14.2 Å². The van der Waals surface area contributed by atoms with Gasteiger partial charge in [-0.25, -0.2) is 4.98 Å². The monoisotopic (exact) mass is 275 g/mol. The lowest BCUT2D eigenvalue weighted by Crippen LogP contribution is -2.35. The minimum Gasteiger partial charge on any atom is -0.486 e. The van der Waals surface area contributed by atoms with Crippen molar-refractivity contribution in [2.75, 3.05) is 39.5 Å². The van der Waals surface area contributed by atoms with E-state index in [1.807, 2.05) is 12.1 Å². The van der Waals surface area contributed by atoms with Gasteiger partial charge in [0.25, 0.3) is 0 Å². The van der Waals surface area contributed by atoms with Gasteiger partial charge in [0.05, 0.1) is 30.8 Å². The molecule has 0 bridgehead atoms. The van der Waals surface area contributed by atoms with Crippen molar-refractivity contribution in [1.82, 2.24) is 14.9 Å². The minimum atomic E-state index is 0.601. The number of ether oxygens (including phenoxy) is 3. The van der Waals surface area contributed by atoms with Crippen LogP contribution < -0.4 is 9.47 Å². The molecular formula is C14H17N3O3. The molecule has 0 radical (unpaired) electrons. The fourth-order valence-electron chi connectivity index (χ4n) is 2.65. The largest absolute Gasteiger partial charge is 0.486 e. The van der Waals surface area contributed by atoms with E-state index >= 15 is 0 Å². The van der Waals surface area contributed by atoms with Crippen LogP contribution in [0, 0.1) is 0 Å². The second-order valence-electron chi connectivity index (χ2n) is 5.09. The summed E-state index contributed by atoms with van der Waals surface area (Å²) >= 11 is 0. The summed E-state index contributed by atoms with van der Waals surface area (Å²) in [6.45, 7) is 5.55. The molecule has 0 aliphatic carbocycles. The van der Waals surface area contributed by atoms with Gasteiger partial charge in [0.2, 0.25) is 0 Å². The number of benzene rings is 1. The first-order valence-corrected chi connectivity index (χ1v) is 6.97. The average molecular weight is 275 g/mol. The number of aromatic amines is 1. The van der Waals surface area contributed by atoms with Crippen molar-refractivity contribution in [1.29, 1.82) is 0 Å². The Balaban J connectivity index is 1.61. The molecule has 1 saturated heterocycles. The van der Waals surface area contributed by atoms with Crippen molar-refractivity contribution in [3.8, 4) is 11.5 Å². The molecule has 2 aromatic rings. The molecule has 0 spiro atoms. The lowest BCUT2D eigenvalue weighted by atomic mass is 10.2. The maximum absolute atomic E-state index is 5.59. The van der Waals surface area contributed by atoms with Gasteiger partial charge in [-0.1, -0.05) is 0 Å². The second kappa shape index (κ2) is 4.96. The zero-order chi connectivity index (χ0) is 13.4. The number of imidazole rings is 1. The van der Waals surface area contributed by atoms with Gasteiger partial charge in [-0.2, -0.15) is 0 Å². The molecule has 3 heterocycles. The van der Waals surface area contributed by atoms with Gasteiger partial charge in [0.15, 0.2) is 11.5 Å². The molecule has 6 heteroatoms. The molecule has 1 aromatic heterocycles. The summed E-state index contributed by atoms with van der Waals surface area (Å²) in [4.78, 5) is 10.3. The van der Waals surface area contributed by atoms with Crippen LogP contribution in [0.2, 0.25) is 0 Å². The van der Waals surface area contributed by atoms with E-state index in [9.17, 15) is 0 Å². The number of nitrogens with zero attached hydrogens (tertiary/aromatic N) is 2. The van der Waals surface area contributed by atoms with Crippen LogP contribution in [0.5, 0.6) is 11.5 Å². The van der Waals surface area contributed by atoms with Gasteiger partial charge in [-0.05, 0) is 0 Å². The van der Waals surface area contributed by atoms with E-state index in [1.165, 1.54) is 0 Å². The summed E-state index contributed by atoms with van der Waals surface area (Å²) in [5.74, 6) is 2.56. The first-order chi connectivity index (χ1) is 9.88. The first kappa shape index (κ1) is 12.0. The summed E-state index contributed by atoms with van der Waals surface area (Å²) < 4.78 is 16.5. The lowest BCUT2D eigenvalue weighted by Gasteiger charge is -2.25. The third-order valence-electron chi connectivity index (χ3n) is 3.67. The Kier molecular flexibility index (Phi) is 2.97. The van der Waals surface area contributed by atoms with Gasteiger partial charge < -0.3 is 19.2 Å². The van der Waals surface area contributed by atoms with Crippen LogP contribution in [-0.2, 0) is 11.3 Å². The highest BCUT2D eigenvalue weighted by molar-refractivity contribution is 5.79. The molecule has 20 heavy (non-hydrogen) atoms. The Hall–Kier alpha value is -1.79. The Labute approximate surface area is 116 Å². The maximum atomic E-state index is 5.59. The highest BCUT2D eigenvalue weighted by atomic mass is 16.6. The van der Waals surface area contributed by atoms with Gasteiger partial charge in [-0.3, -0.25) is 4.90 Å². The highest BCUT2D eigenvalue weighted by Crippen LogP contribution is 2.33. The SMILES string of the molecule is c1c2c(cc3[nH]c(CN4CCOCC4)nc13)OCCO2. The molecule has 4 rings (SSSR count). The van der Waals surface area contributed by atoms with E-state index in [-0.39, 0.29) is 0 Å². The van der Waals surface area contributed by atoms with Crippen LogP contribution in [0.25, 0.3) is 11.0 Å². The number of rotatable bonds is 2. The van der Waals surface area contributed by atoms with Crippen molar-refractivity contribution in [2.24, 2.45) is 0 Å². The molecule has 0 unspecified atom stereocenters. The number of nitrogens with one attached hydrogen (secondary N) is 1. The maximum Gasteiger partial charge on any atom is 0.163 e. The minimum absolute atomic E-state index is 0.601. The van der Waals surface area contributed by atoms with Crippen molar-refractivity contribution in [3.05, 3.63) is 18.0 Å². The topological polar surface area (TPSA) is 59.6 Å². The van der Waals surface area contributed by atoms with Crippen molar-refractivity contribution < 1.29 is 14.2 Å². The number of aromatic nitrogens is 2. The number of hydrogen-bond acceptors (Lipinski definition) is 5. The molecule has 0 saturated carbocycles. The summed E-state index contributed by atoms with van der Waals surface area (Å²) in [6.07, 6.45) is 0. The summed E-state index contributed by atoms with van der Waals surface area (Å²) in [5.41, 5.74) is 1.93. The van der Waals surface area contributed by atoms with Gasteiger partial charge in [0, 0.05) is 25.2 Å². The molecule has 106 valence electrons. The molecule has 6 nitrogen and oxygen atoms in total. The number of morpholine rings is 1. The summed E-state index contributed by atoms with van der Waals surface area (Å²) in [5, 5.41) is 0. The molecule has 2 aliphatic rings. The molecule has 0 atom stereocenters. The van der Waals surface area contributed by atoms with E-state index in [1.54, 1.807) is 0 Å². The van der Waals surface area contributed by atoms with Crippen molar-refractivity contribution >= 4 is 11.0 Å². The van der Waals surface area contributed by atoms with E-state index in [0.29, 0.717) is 13.2 Å². The summed E-state index contributed by atoms with van der Waals surface area (Å²) in [7, 11) is 0. The van der Waals surface area contributed by atoms with Crippen LogP contribution in [0.15, 0.2) is 12.1 Å². The standard InChI is InChI=1S/C14H17N3O3/c1-3-18-4-2-17(1)9-14-15-10-7-12-13(8-11(10)16-14)20-6-5-19-12/h7-8H,1-6,9H2,(H,15,16). The first-order valence-electron chi connectivity index (χ1n) is 6.97. The van der Waals surface area contributed by atoms with Crippen LogP contribution in [0.3, 0.4) is 0 Å². The molecular weight excluding hydrogens is 258 g/mol. The van der Waals surface area contributed by atoms with Crippen LogP contribution >= 0.6 is 0 Å². The molecule has 1 N–H and O–H groups in total. The van der Waals surface area contributed by atoms with Crippen molar-refractivity contribution in [3.63, 3.8) is 0 Å². The summed E-state index contributed by atoms with van der Waals surface area (Å²) in [6, 6.07) is 3.92. The van der Waals surface area contributed by atoms with Crippen LogP contribution in [-0.4, -0.2) is 54.4 Å². The lowest BCUT2D eigenvalue weighted by molar-refractivity contribution is 0.0332. The predicted molar refractivity (Wildman–Crippen MR) is 73.2 cm³/mol. The molecule has 1 aromatic carbocycles. The third kappa shape index (κ3) is 2.21. The fourth-order valence-corrected chi connectivity index (χ4v) is 2.65. The smallest absolute Gasteiger partial charge is 0.163 e. The third-order valence-corrected chi connectivity index (χ3v) is 3.67. The Morgan fingerprint density at radius 1 is 1.05 bits per heavy atom. The molecule has 0 amide bonds. The molecule has 1 fully saturated rings. The normalized spacial score (nSPS) is 19.4. The number of H-pyrrole nitrogens is 1. The van der Waals surface area contributed by atoms with Gasteiger partial charge >= 0.3 is 0 Å². The predicted octanol–water partition coefficient (Wildman–Crippen LogP) is 1.17. The van der Waals surface area contributed by atoms with Crippen LogP contribution in [0.1, 0.15) is 5.82 Å². The average Bonchev–Trinajstić information content (AvgIpc) is 2.86. The Bertz CT molecular complexity index is 576. The second-order valence-corrected chi connectivity index (χ2v) is 5.09. The van der Waals surface area contributed by atoms with Crippen LogP contribution in [0.4, 0.5) is 0 Å². The zero-order valence-electron chi connectivity index (χ0n) is 11.2. The Morgan fingerprint density at radius 3 is 2.60 bits per heavy atom. The fraction of sp³-hybridized carbons (Fsp3) is 0.500. The van der Waals surface area contributed by atoms with Crippen molar-refractivity contribution in [2.45, 2.75) is 6.54 Å². The Morgan fingerprint density at radius 2 is 1.80 bits per heavy atom. The van der Waals surface area contributed by atoms with E-state index in [0.717, 1.165) is 61.2 Å². The van der Waals surface area contributed by atoms with Gasteiger partial charge in [0.1, 0.15) is 19.0 Å². The zero-order valence-corrected chi connectivity index (χ0v) is 11.2. The van der Waals surface area contributed by atoms with E-state index in [2.05, 4.69) is 14.9 Å².